The summed E-state index contributed by atoms with van der Waals surface area (Å²) in [5.41, 5.74) is 1.51. The van der Waals surface area contributed by atoms with Gasteiger partial charge in [-0.1, -0.05) is 23.7 Å². The molecule has 0 radical (unpaired) electrons. The van der Waals surface area contributed by atoms with Gasteiger partial charge in [-0.3, -0.25) is 9.59 Å². The van der Waals surface area contributed by atoms with E-state index in [0.717, 1.165) is 5.56 Å². The summed E-state index contributed by atoms with van der Waals surface area (Å²) in [7, 11) is 3.18. The minimum Gasteiger partial charge on any atom is -0.497 e. The first-order valence-corrected chi connectivity index (χ1v) is 7.78. The fraction of sp³-hybridized carbons (Fsp3) is 0.222. The van der Waals surface area contributed by atoms with E-state index >= 15 is 0 Å². The normalized spacial score (nSPS) is 10.1. The van der Waals surface area contributed by atoms with Crippen molar-refractivity contribution in [2.24, 2.45) is 0 Å². The molecule has 0 aromatic heterocycles. The Bertz CT molecular complexity index is 699. The predicted octanol–water partition coefficient (Wildman–Crippen LogP) is 2.99. The van der Waals surface area contributed by atoms with E-state index in [1.54, 1.807) is 62.7 Å². The van der Waals surface area contributed by atoms with Crippen LogP contribution in [0.1, 0.15) is 5.56 Å². The van der Waals surface area contributed by atoms with Crippen LogP contribution >= 0.6 is 11.6 Å². The maximum atomic E-state index is 12.2. The third-order valence-electron chi connectivity index (χ3n) is 3.45. The number of carbonyl (C=O) groups is 2. The first-order chi connectivity index (χ1) is 11.5. The summed E-state index contributed by atoms with van der Waals surface area (Å²) in [4.78, 5) is 25.6. The highest BCUT2D eigenvalue weighted by Gasteiger charge is 2.13. The van der Waals surface area contributed by atoms with Crippen LogP contribution in [0.3, 0.4) is 0 Å². The van der Waals surface area contributed by atoms with Crippen molar-refractivity contribution in [2.75, 3.05) is 26.0 Å². The third-order valence-corrected chi connectivity index (χ3v) is 3.70. The van der Waals surface area contributed by atoms with Crippen molar-refractivity contribution in [2.45, 2.75) is 6.42 Å². The summed E-state index contributed by atoms with van der Waals surface area (Å²) in [5.74, 6) is 0.317. The van der Waals surface area contributed by atoms with E-state index in [0.29, 0.717) is 16.5 Å². The first kappa shape index (κ1) is 17.8. The largest absolute Gasteiger partial charge is 0.497 e. The van der Waals surface area contributed by atoms with Gasteiger partial charge in [0.25, 0.3) is 0 Å². The van der Waals surface area contributed by atoms with Gasteiger partial charge in [-0.25, -0.2) is 0 Å². The summed E-state index contributed by atoms with van der Waals surface area (Å²) in [5, 5.41) is 3.37. The molecule has 0 saturated carbocycles. The fourth-order valence-electron chi connectivity index (χ4n) is 2.09. The number of nitrogens with one attached hydrogen (secondary N) is 1. The standard InChI is InChI=1S/C18H19ClN2O3/c1-21(18(23)11-13-3-5-14(19)6-4-13)12-17(22)20-15-7-9-16(24-2)10-8-15/h3-10H,11-12H2,1-2H3,(H,20,22). The fourth-order valence-corrected chi connectivity index (χ4v) is 2.22. The third kappa shape index (κ3) is 5.28. The van der Waals surface area contributed by atoms with E-state index in [1.165, 1.54) is 4.90 Å². The number of hydrogen-bond acceptors (Lipinski definition) is 3. The zero-order valence-corrected chi connectivity index (χ0v) is 14.3. The number of carbonyl (C=O) groups excluding carboxylic acids is 2. The van der Waals surface area contributed by atoms with Gasteiger partial charge in [-0.05, 0) is 42.0 Å². The van der Waals surface area contributed by atoms with Crippen LogP contribution in [0.15, 0.2) is 48.5 Å². The van der Waals surface area contributed by atoms with Crippen LogP contribution in [0.5, 0.6) is 5.75 Å². The van der Waals surface area contributed by atoms with Crippen LogP contribution in [-0.4, -0.2) is 37.4 Å². The summed E-state index contributed by atoms with van der Waals surface area (Å²) in [6.45, 7) is -0.0154. The average molecular weight is 347 g/mol. The Balaban J connectivity index is 1.85. The Hall–Kier alpha value is -2.53. The summed E-state index contributed by atoms with van der Waals surface area (Å²) in [6, 6.07) is 14.1. The molecule has 24 heavy (non-hydrogen) atoms. The zero-order valence-electron chi connectivity index (χ0n) is 13.6. The molecule has 2 amide bonds. The Morgan fingerprint density at radius 3 is 2.29 bits per heavy atom. The minimum atomic E-state index is -0.257. The maximum absolute atomic E-state index is 12.2. The van der Waals surface area contributed by atoms with Crippen LogP contribution in [0.4, 0.5) is 5.69 Å². The average Bonchev–Trinajstić information content (AvgIpc) is 2.57. The monoisotopic (exact) mass is 346 g/mol. The molecule has 0 spiro atoms. The van der Waals surface area contributed by atoms with Crippen molar-refractivity contribution in [1.29, 1.82) is 0 Å². The summed E-state index contributed by atoms with van der Waals surface area (Å²) < 4.78 is 5.06. The van der Waals surface area contributed by atoms with E-state index in [4.69, 9.17) is 16.3 Å². The molecule has 2 aromatic rings. The van der Waals surface area contributed by atoms with Gasteiger partial charge in [0.1, 0.15) is 5.75 Å². The van der Waals surface area contributed by atoms with Gasteiger partial charge < -0.3 is 15.0 Å². The van der Waals surface area contributed by atoms with E-state index in [1.807, 2.05) is 0 Å². The smallest absolute Gasteiger partial charge is 0.243 e. The molecule has 0 bridgehead atoms. The van der Waals surface area contributed by atoms with Crippen molar-refractivity contribution >= 4 is 29.1 Å². The number of nitrogens with zero attached hydrogens (tertiary/aromatic N) is 1. The topological polar surface area (TPSA) is 58.6 Å². The maximum Gasteiger partial charge on any atom is 0.243 e. The lowest BCUT2D eigenvalue weighted by molar-refractivity contribution is -0.132. The number of likely N-dealkylation sites (N-methyl/N-ethyl adjacent to an activating group) is 1. The van der Waals surface area contributed by atoms with Crippen LogP contribution in [0.2, 0.25) is 5.02 Å². The lowest BCUT2D eigenvalue weighted by Gasteiger charge is -2.17. The highest BCUT2D eigenvalue weighted by atomic mass is 35.5. The van der Waals surface area contributed by atoms with Gasteiger partial charge in [-0.2, -0.15) is 0 Å². The lowest BCUT2D eigenvalue weighted by Crippen LogP contribution is -2.35. The molecular weight excluding hydrogens is 328 g/mol. The molecule has 2 rings (SSSR count). The number of rotatable bonds is 6. The van der Waals surface area contributed by atoms with Crippen molar-refractivity contribution < 1.29 is 14.3 Å². The molecule has 0 aliphatic rings. The SMILES string of the molecule is COc1ccc(NC(=O)CN(C)C(=O)Cc2ccc(Cl)cc2)cc1. The van der Waals surface area contributed by atoms with E-state index in [9.17, 15) is 9.59 Å². The Labute approximate surface area is 146 Å². The van der Waals surface area contributed by atoms with E-state index in [-0.39, 0.29) is 24.8 Å². The van der Waals surface area contributed by atoms with Crippen molar-refractivity contribution in [3.8, 4) is 5.75 Å². The summed E-state index contributed by atoms with van der Waals surface area (Å²) >= 11 is 5.82. The van der Waals surface area contributed by atoms with Gasteiger partial charge in [0.15, 0.2) is 0 Å². The second-order valence-electron chi connectivity index (χ2n) is 5.33. The number of anilines is 1. The minimum absolute atomic E-state index is 0.0154. The molecular formula is C18H19ClN2O3. The van der Waals surface area contributed by atoms with Gasteiger partial charge >= 0.3 is 0 Å². The molecule has 0 aliphatic carbocycles. The molecule has 0 heterocycles. The van der Waals surface area contributed by atoms with Crippen LogP contribution < -0.4 is 10.1 Å². The van der Waals surface area contributed by atoms with Gasteiger partial charge in [0.05, 0.1) is 20.1 Å². The first-order valence-electron chi connectivity index (χ1n) is 7.40. The molecule has 6 heteroatoms. The lowest BCUT2D eigenvalue weighted by atomic mass is 10.1. The number of hydrogen-bond donors (Lipinski definition) is 1. The van der Waals surface area contributed by atoms with Crippen molar-refractivity contribution in [1.82, 2.24) is 4.90 Å². The van der Waals surface area contributed by atoms with Crippen molar-refractivity contribution in [3.63, 3.8) is 0 Å². The Morgan fingerprint density at radius 2 is 1.71 bits per heavy atom. The molecule has 0 atom stereocenters. The molecule has 0 fully saturated rings. The second-order valence-corrected chi connectivity index (χ2v) is 5.77. The van der Waals surface area contributed by atoms with Crippen LogP contribution in [0.25, 0.3) is 0 Å². The van der Waals surface area contributed by atoms with E-state index < -0.39 is 0 Å². The molecule has 0 saturated heterocycles. The quantitative estimate of drug-likeness (QED) is 0.874. The van der Waals surface area contributed by atoms with E-state index in [2.05, 4.69) is 5.32 Å². The number of ether oxygens (including phenoxy) is 1. The number of halogens is 1. The molecule has 5 nitrogen and oxygen atoms in total. The van der Waals surface area contributed by atoms with Crippen LogP contribution in [-0.2, 0) is 16.0 Å². The van der Waals surface area contributed by atoms with Gasteiger partial charge in [0, 0.05) is 17.8 Å². The van der Waals surface area contributed by atoms with Crippen LogP contribution in [0, 0.1) is 0 Å². The van der Waals surface area contributed by atoms with Gasteiger partial charge in [0.2, 0.25) is 11.8 Å². The molecule has 0 unspecified atom stereocenters. The highest BCUT2D eigenvalue weighted by Crippen LogP contribution is 2.15. The predicted molar refractivity (Wildman–Crippen MR) is 94.4 cm³/mol. The Morgan fingerprint density at radius 1 is 1.08 bits per heavy atom. The molecule has 2 aromatic carbocycles. The highest BCUT2D eigenvalue weighted by molar-refractivity contribution is 6.30. The number of benzene rings is 2. The molecule has 126 valence electrons. The molecule has 1 N–H and O–H groups in total. The van der Waals surface area contributed by atoms with Gasteiger partial charge in [-0.15, -0.1) is 0 Å². The Kier molecular flexibility index (Phi) is 6.21. The number of methoxy groups -OCH3 is 1. The second kappa shape index (κ2) is 8.36. The number of amides is 2. The zero-order chi connectivity index (χ0) is 17.5. The summed E-state index contributed by atoms with van der Waals surface area (Å²) in [6.07, 6.45) is 0.226. The van der Waals surface area contributed by atoms with Crippen molar-refractivity contribution in [3.05, 3.63) is 59.1 Å². The molecule has 0 aliphatic heterocycles.